The quantitative estimate of drug-likeness (QED) is 0.695. The first-order valence-electron chi connectivity index (χ1n) is 6.19. The van der Waals surface area contributed by atoms with Gasteiger partial charge in [-0.25, -0.2) is 4.79 Å². The lowest BCUT2D eigenvalue weighted by molar-refractivity contribution is -0.136. The summed E-state index contributed by atoms with van der Waals surface area (Å²) in [7, 11) is 0. The smallest absolute Gasteiger partial charge is 0.333 e. The van der Waals surface area contributed by atoms with E-state index in [2.05, 4.69) is 5.32 Å². The molecule has 20 heavy (non-hydrogen) atoms. The molecule has 5 heteroatoms. The summed E-state index contributed by atoms with van der Waals surface area (Å²) >= 11 is 1.33. The second-order valence-electron chi connectivity index (χ2n) is 4.41. The minimum absolute atomic E-state index is 0.270. The molecular formula is C15H15NO3S. The second kappa shape index (κ2) is 6.34. The Bertz CT molecular complexity index is 590. The molecule has 0 saturated carbocycles. The summed E-state index contributed by atoms with van der Waals surface area (Å²) in [5.41, 5.74) is 1.09. The fourth-order valence-electron chi connectivity index (χ4n) is 1.55. The Balaban J connectivity index is 1.92. The molecule has 0 bridgehead atoms. The number of hydrogen-bond donors (Lipinski definition) is 1. The zero-order valence-corrected chi connectivity index (χ0v) is 12.1. The predicted octanol–water partition coefficient (Wildman–Crippen LogP) is 2.78. The van der Waals surface area contributed by atoms with E-state index in [0.29, 0.717) is 10.6 Å². The van der Waals surface area contributed by atoms with Crippen LogP contribution in [0.25, 0.3) is 0 Å². The number of carbonyl (C=O) groups excluding carboxylic acids is 2. The normalized spacial score (nSPS) is 11.7. The SMILES string of the molecule is Cc1ccc(OC(=O)C(C)NC(=O)c2cccs2)cc1. The van der Waals surface area contributed by atoms with Crippen molar-refractivity contribution in [2.75, 3.05) is 0 Å². The number of amides is 1. The monoisotopic (exact) mass is 289 g/mol. The van der Waals surface area contributed by atoms with E-state index in [4.69, 9.17) is 4.74 Å². The topological polar surface area (TPSA) is 55.4 Å². The summed E-state index contributed by atoms with van der Waals surface area (Å²) in [6, 6.07) is 9.95. The van der Waals surface area contributed by atoms with Crippen LogP contribution in [0.2, 0.25) is 0 Å². The first-order valence-corrected chi connectivity index (χ1v) is 7.07. The lowest BCUT2D eigenvalue weighted by Gasteiger charge is -2.12. The van der Waals surface area contributed by atoms with Crippen LogP contribution in [0.15, 0.2) is 41.8 Å². The molecule has 1 unspecified atom stereocenters. The second-order valence-corrected chi connectivity index (χ2v) is 5.35. The van der Waals surface area contributed by atoms with Gasteiger partial charge >= 0.3 is 5.97 Å². The molecule has 1 amide bonds. The van der Waals surface area contributed by atoms with Gasteiger partial charge < -0.3 is 10.1 Å². The van der Waals surface area contributed by atoms with E-state index in [1.807, 2.05) is 24.4 Å². The molecule has 2 rings (SSSR count). The van der Waals surface area contributed by atoms with Crippen molar-refractivity contribution in [1.82, 2.24) is 5.32 Å². The maximum absolute atomic E-state index is 11.9. The molecule has 104 valence electrons. The van der Waals surface area contributed by atoms with Crippen molar-refractivity contribution in [2.45, 2.75) is 19.9 Å². The number of nitrogens with one attached hydrogen (secondary N) is 1. The van der Waals surface area contributed by atoms with Crippen molar-refractivity contribution >= 4 is 23.2 Å². The van der Waals surface area contributed by atoms with Crippen LogP contribution in [0, 0.1) is 6.92 Å². The van der Waals surface area contributed by atoms with Crippen LogP contribution in [0.4, 0.5) is 0 Å². The van der Waals surface area contributed by atoms with Gasteiger partial charge in [-0.05, 0) is 37.4 Å². The van der Waals surface area contributed by atoms with Crippen molar-refractivity contribution in [2.24, 2.45) is 0 Å². The summed E-state index contributed by atoms with van der Waals surface area (Å²) in [4.78, 5) is 24.2. The molecular weight excluding hydrogens is 274 g/mol. The molecule has 0 aliphatic carbocycles. The molecule has 1 atom stereocenters. The molecule has 0 radical (unpaired) electrons. The number of benzene rings is 1. The Labute approximate surface area is 121 Å². The van der Waals surface area contributed by atoms with Gasteiger partial charge in [0.05, 0.1) is 4.88 Å². The van der Waals surface area contributed by atoms with Crippen molar-refractivity contribution in [1.29, 1.82) is 0 Å². The minimum Gasteiger partial charge on any atom is -0.425 e. The zero-order valence-electron chi connectivity index (χ0n) is 11.3. The Hall–Kier alpha value is -2.14. The molecule has 0 fully saturated rings. The Kier molecular flexibility index (Phi) is 4.53. The highest BCUT2D eigenvalue weighted by Crippen LogP contribution is 2.12. The summed E-state index contributed by atoms with van der Waals surface area (Å²) < 4.78 is 5.20. The average Bonchev–Trinajstić information content (AvgIpc) is 2.95. The van der Waals surface area contributed by atoms with Crippen molar-refractivity contribution < 1.29 is 14.3 Å². The van der Waals surface area contributed by atoms with Gasteiger partial charge in [-0.2, -0.15) is 0 Å². The van der Waals surface area contributed by atoms with Crippen LogP contribution < -0.4 is 10.1 Å². The van der Waals surface area contributed by atoms with E-state index in [1.54, 1.807) is 31.2 Å². The van der Waals surface area contributed by atoms with Crippen molar-refractivity contribution in [3.63, 3.8) is 0 Å². The molecule has 4 nitrogen and oxygen atoms in total. The first kappa shape index (κ1) is 14.3. The average molecular weight is 289 g/mol. The minimum atomic E-state index is -0.703. The number of carbonyl (C=O) groups is 2. The van der Waals surface area contributed by atoms with Gasteiger partial charge in [0, 0.05) is 0 Å². The lowest BCUT2D eigenvalue weighted by atomic mass is 10.2. The van der Waals surface area contributed by atoms with Crippen LogP contribution in [0.5, 0.6) is 5.75 Å². The highest BCUT2D eigenvalue weighted by atomic mass is 32.1. The lowest BCUT2D eigenvalue weighted by Crippen LogP contribution is -2.40. The highest BCUT2D eigenvalue weighted by Gasteiger charge is 2.19. The van der Waals surface area contributed by atoms with Crippen LogP contribution in [0.1, 0.15) is 22.2 Å². The van der Waals surface area contributed by atoms with Crippen molar-refractivity contribution in [3.8, 4) is 5.75 Å². The number of aryl methyl sites for hydroxylation is 1. The predicted molar refractivity (Wildman–Crippen MR) is 78.1 cm³/mol. The Morgan fingerprint density at radius 1 is 1.20 bits per heavy atom. The Morgan fingerprint density at radius 2 is 1.90 bits per heavy atom. The van der Waals surface area contributed by atoms with E-state index in [0.717, 1.165) is 5.56 Å². The van der Waals surface area contributed by atoms with Gasteiger partial charge in [-0.3, -0.25) is 4.79 Å². The van der Waals surface area contributed by atoms with Crippen LogP contribution in [0.3, 0.4) is 0 Å². The molecule has 1 aromatic heterocycles. The molecule has 1 N–H and O–H groups in total. The van der Waals surface area contributed by atoms with Gasteiger partial charge in [0.2, 0.25) is 0 Å². The van der Waals surface area contributed by atoms with Gasteiger partial charge in [-0.15, -0.1) is 11.3 Å². The molecule has 0 aliphatic heterocycles. The maximum Gasteiger partial charge on any atom is 0.333 e. The van der Waals surface area contributed by atoms with Crippen LogP contribution >= 0.6 is 11.3 Å². The zero-order chi connectivity index (χ0) is 14.5. The molecule has 1 aromatic carbocycles. The van der Waals surface area contributed by atoms with E-state index >= 15 is 0 Å². The number of hydrogen-bond acceptors (Lipinski definition) is 4. The van der Waals surface area contributed by atoms with Crippen LogP contribution in [-0.4, -0.2) is 17.9 Å². The largest absolute Gasteiger partial charge is 0.425 e. The van der Waals surface area contributed by atoms with Crippen LogP contribution in [-0.2, 0) is 4.79 Å². The van der Waals surface area contributed by atoms with Gasteiger partial charge in [0.25, 0.3) is 5.91 Å². The summed E-state index contributed by atoms with van der Waals surface area (Å²) in [5.74, 6) is -0.287. The van der Waals surface area contributed by atoms with E-state index < -0.39 is 12.0 Å². The number of thiophene rings is 1. The van der Waals surface area contributed by atoms with Gasteiger partial charge in [0.15, 0.2) is 0 Å². The third kappa shape index (κ3) is 3.68. The fraction of sp³-hybridized carbons (Fsp3) is 0.200. The first-order chi connectivity index (χ1) is 9.56. The van der Waals surface area contributed by atoms with E-state index in [9.17, 15) is 9.59 Å². The number of rotatable bonds is 4. The Morgan fingerprint density at radius 3 is 2.50 bits per heavy atom. The van der Waals surface area contributed by atoms with E-state index in [1.165, 1.54) is 11.3 Å². The number of ether oxygens (including phenoxy) is 1. The highest BCUT2D eigenvalue weighted by molar-refractivity contribution is 7.12. The summed E-state index contributed by atoms with van der Waals surface area (Å²) in [6.07, 6.45) is 0. The molecule has 2 aromatic rings. The molecule has 0 spiro atoms. The summed E-state index contributed by atoms with van der Waals surface area (Å²) in [6.45, 7) is 3.55. The number of esters is 1. The third-order valence-corrected chi connectivity index (χ3v) is 3.55. The molecule has 1 heterocycles. The summed E-state index contributed by atoms with van der Waals surface area (Å²) in [5, 5.41) is 4.42. The van der Waals surface area contributed by atoms with Gasteiger partial charge in [-0.1, -0.05) is 23.8 Å². The molecule has 0 saturated heterocycles. The van der Waals surface area contributed by atoms with E-state index in [-0.39, 0.29) is 5.91 Å². The molecule has 0 aliphatic rings. The standard InChI is InChI=1S/C15H15NO3S/c1-10-5-7-12(8-6-10)19-15(18)11(2)16-14(17)13-4-3-9-20-13/h3-9,11H,1-2H3,(H,16,17). The third-order valence-electron chi connectivity index (χ3n) is 2.69. The van der Waals surface area contributed by atoms with Gasteiger partial charge in [0.1, 0.15) is 11.8 Å². The van der Waals surface area contributed by atoms with Crippen molar-refractivity contribution in [3.05, 3.63) is 52.2 Å². The maximum atomic E-state index is 11.9. The fourth-order valence-corrected chi connectivity index (χ4v) is 2.17.